The van der Waals surface area contributed by atoms with Crippen molar-refractivity contribution in [3.8, 4) is 11.5 Å². The molecule has 1 aromatic rings. The molecule has 0 radical (unpaired) electrons. The topological polar surface area (TPSA) is 130 Å². The maximum atomic E-state index is 10.6. The van der Waals surface area contributed by atoms with Crippen molar-refractivity contribution in [3.05, 3.63) is 27.8 Å². The number of hydrogen-bond donors (Lipinski definition) is 4. The molecule has 7 nitrogen and oxygen atoms in total. The van der Waals surface area contributed by atoms with Crippen LogP contribution in [0.3, 0.4) is 0 Å². The van der Waals surface area contributed by atoms with Crippen molar-refractivity contribution in [2.75, 3.05) is 6.54 Å². The summed E-state index contributed by atoms with van der Waals surface area (Å²) in [6.07, 6.45) is -1.25. The van der Waals surface area contributed by atoms with E-state index in [1.54, 1.807) is 0 Å². The summed E-state index contributed by atoms with van der Waals surface area (Å²) < 4.78 is 0. The van der Waals surface area contributed by atoms with Crippen LogP contribution < -0.4 is 5.73 Å². The Hall–Kier alpha value is -1.86. The Labute approximate surface area is 84.5 Å². The van der Waals surface area contributed by atoms with Gasteiger partial charge in [-0.1, -0.05) is 0 Å². The van der Waals surface area contributed by atoms with Crippen molar-refractivity contribution in [2.24, 2.45) is 5.73 Å². The Bertz CT molecular complexity index is 393. The number of aliphatic hydroxyl groups excluding tert-OH is 1. The van der Waals surface area contributed by atoms with E-state index in [4.69, 9.17) is 15.9 Å². The molecule has 15 heavy (non-hydrogen) atoms. The molecular weight excluding hydrogens is 204 g/mol. The largest absolute Gasteiger partial charge is 0.504 e. The van der Waals surface area contributed by atoms with E-state index in [9.17, 15) is 15.2 Å². The molecule has 1 aromatic carbocycles. The lowest BCUT2D eigenvalue weighted by molar-refractivity contribution is -0.386. The van der Waals surface area contributed by atoms with E-state index < -0.39 is 28.2 Å². The maximum Gasteiger partial charge on any atom is 0.279 e. The van der Waals surface area contributed by atoms with E-state index in [1.165, 1.54) is 0 Å². The molecule has 0 aliphatic carbocycles. The second kappa shape index (κ2) is 4.11. The number of aliphatic hydroxyl groups is 1. The van der Waals surface area contributed by atoms with Gasteiger partial charge in [-0.25, -0.2) is 0 Å². The molecule has 0 aromatic heterocycles. The summed E-state index contributed by atoms with van der Waals surface area (Å²) in [4.78, 5) is 9.80. The Morgan fingerprint density at radius 2 is 1.93 bits per heavy atom. The summed E-state index contributed by atoms with van der Waals surface area (Å²) in [5.74, 6) is -1.15. The Morgan fingerprint density at radius 3 is 2.40 bits per heavy atom. The van der Waals surface area contributed by atoms with Gasteiger partial charge in [0, 0.05) is 6.54 Å². The van der Waals surface area contributed by atoms with Crippen LogP contribution in [0.4, 0.5) is 5.69 Å². The highest BCUT2D eigenvalue weighted by Crippen LogP contribution is 2.35. The van der Waals surface area contributed by atoms with Gasteiger partial charge in [-0.2, -0.15) is 0 Å². The van der Waals surface area contributed by atoms with Crippen LogP contribution in [0.2, 0.25) is 0 Å². The molecule has 1 rings (SSSR count). The average molecular weight is 214 g/mol. The average Bonchev–Trinajstić information content (AvgIpc) is 2.20. The molecule has 0 saturated carbocycles. The standard InChI is InChI=1S/C8H10N2O5/c9-3-8(13)4-1-6(11)7(12)2-5(4)10(14)15/h1-2,8,11-13H,3,9H2/t8-/m0/s1. The zero-order valence-corrected chi connectivity index (χ0v) is 7.62. The fourth-order valence-corrected chi connectivity index (χ4v) is 1.13. The predicted octanol–water partition coefficient (Wildman–Crippen LogP) is -0.00190. The number of benzene rings is 1. The fraction of sp³-hybridized carbons (Fsp3) is 0.250. The van der Waals surface area contributed by atoms with Crippen molar-refractivity contribution in [1.29, 1.82) is 0 Å². The Kier molecular flexibility index (Phi) is 3.08. The van der Waals surface area contributed by atoms with Gasteiger partial charge in [0.15, 0.2) is 11.5 Å². The molecule has 0 unspecified atom stereocenters. The molecule has 0 aliphatic rings. The third kappa shape index (κ3) is 2.14. The van der Waals surface area contributed by atoms with E-state index in [-0.39, 0.29) is 12.1 Å². The summed E-state index contributed by atoms with van der Waals surface area (Å²) >= 11 is 0. The van der Waals surface area contributed by atoms with Gasteiger partial charge in [-0.3, -0.25) is 10.1 Å². The number of phenolic OH excluding ortho intramolecular Hbond substituents is 2. The normalized spacial score (nSPS) is 12.4. The van der Waals surface area contributed by atoms with Crippen molar-refractivity contribution in [3.63, 3.8) is 0 Å². The van der Waals surface area contributed by atoms with E-state index in [0.29, 0.717) is 0 Å². The van der Waals surface area contributed by atoms with Crippen LogP contribution in [0, 0.1) is 10.1 Å². The highest BCUT2D eigenvalue weighted by Gasteiger charge is 2.22. The van der Waals surface area contributed by atoms with Crippen LogP contribution in [-0.2, 0) is 0 Å². The number of nitro groups is 1. The maximum absolute atomic E-state index is 10.6. The van der Waals surface area contributed by atoms with Crippen molar-refractivity contribution in [2.45, 2.75) is 6.10 Å². The van der Waals surface area contributed by atoms with Gasteiger partial charge in [0.05, 0.1) is 22.7 Å². The number of phenols is 2. The first-order valence-corrected chi connectivity index (χ1v) is 4.05. The smallest absolute Gasteiger partial charge is 0.279 e. The fourth-order valence-electron chi connectivity index (χ4n) is 1.13. The number of nitro benzene ring substituents is 1. The Balaban J connectivity index is 3.34. The third-order valence-electron chi connectivity index (χ3n) is 1.90. The van der Waals surface area contributed by atoms with Gasteiger partial charge in [0.1, 0.15) is 0 Å². The number of nitrogens with two attached hydrogens (primary N) is 1. The molecule has 1 atom stereocenters. The molecule has 0 spiro atoms. The second-order valence-electron chi connectivity index (χ2n) is 2.91. The van der Waals surface area contributed by atoms with Gasteiger partial charge in [0.2, 0.25) is 0 Å². The SMILES string of the molecule is NC[C@H](O)c1cc(O)c(O)cc1[N+](=O)[O-]. The number of nitrogens with zero attached hydrogens (tertiary/aromatic N) is 1. The molecule has 0 bridgehead atoms. The first-order chi connectivity index (χ1) is 6.97. The van der Waals surface area contributed by atoms with E-state index in [0.717, 1.165) is 12.1 Å². The Morgan fingerprint density at radius 1 is 1.40 bits per heavy atom. The van der Waals surface area contributed by atoms with E-state index in [2.05, 4.69) is 0 Å². The minimum absolute atomic E-state index is 0.127. The van der Waals surface area contributed by atoms with E-state index >= 15 is 0 Å². The molecule has 0 fully saturated rings. The number of hydrogen-bond acceptors (Lipinski definition) is 6. The lowest BCUT2D eigenvalue weighted by Crippen LogP contribution is -2.13. The van der Waals surface area contributed by atoms with Gasteiger partial charge in [-0.15, -0.1) is 0 Å². The summed E-state index contributed by atoms with van der Waals surface area (Å²) in [5, 5.41) is 38.1. The molecule has 0 saturated heterocycles. The molecule has 0 aliphatic heterocycles. The predicted molar refractivity (Wildman–Crippen MR) is 50.4 cm³/mol. The minimum atomic E-state index is -1.25. The van der Waals surface area contributed by atoms with Crippen molar-refractivity contribution in [1.82, 2.24) is 0 Å². The van der Waals surface area contributed by atoms with Crippen molar-refractivity contribution < 1.29 is 20.2 Å². The van der Waals surface area contributed by atoms with Gasteiger partial charge in [0.25, 0.3) is 5.69 Å². The van der Waals surface area contributed by atoms with Crippen LogP contribution in [0.25, 0.3) is 0 Å². The van der Waals surface area contributed by atoms with Gasteiger partial charge >= 0.3 is 0 Å². The van der Waals surface area contributed by atoms with Crippen LogP contribution >= 0.6 is 0 Å². The third-order valence-corrected chi connectivity index (χ3v) is 1.90. The quantitative estimate of drug-likeness (QED) is 0.318. The zero-order chi connectivity index (χ0) is 11.6. The first-order valence-electron chi connectivity index (χ1n) is 4.05. The van der Waals surface area contributed by atoms with Gasteiger partial charge in [-0.05, 0) is 6.07 Å². The molecule has 5 N–H and O–H groups in total. The first kappa shape index (κ1) is 11.2. The van der Waals surface area contributed by atoms with E-state index in [1.807, 2.05) is 0 Å². The van der Waals surface area contributed by atoms with Crippen LogP contribution in [0.5, 0.6) is 11.5 Å². The summed E-state index contributed by atoms with van der Waals surface area (Å²) in [5.41, 5.74) is 4.53. The zero-order valence-electron chi connectivity index (χ0n) is 7.62. The number of aromatic hydroxyl groups is 2. The molecule has 82 valence electrons. The number of rotatable bonds is 3. The van der Waals surface area contributed by atoms with Crippen molar-refractivity contribution >= 4 is 5.69 Å². The highest BCUT2D eigenvalue weighted by atomic mass is 16.6. The summed E-state index contributed by atoms with van der Waals surface area (Å²) in [6.45, 7) is -0.217. The summed E-state index contributed by atoms with van der Waals surface area (Å²) in [7, 11) is 0. The van der Waals surface area contributed by atoms with Crippen LogP contribution in [0.1, 0.15) is 11.7 Å². The summed E-state index contributed by atoms with van der Waals surface area (Å²) in [6, 6.07) is 1.69. The monoisotopic (exact) mass is 214 g/mol. The lowest BCUT2D eigenvalue weighted by atomic mass is 10.1. The molecule has 0 heterocycles. The van der Waals surface area contributed by atoms with Crippen LogP contribution in [0.15, 0.2) is 12.1 Å². The highest BCUT2D eigenvalue weighted by molar-refractivity contribution is 5.53. The minimum Gasteiger partial charge on any atom is -0.504 e. The molecule has 0 amide bonds. The lowest BCUT2D eigenvalue weighted by Gasteiger charge is -2.09. The second-order valence-corrected chi connectivity index (χ2v) is 2.91. The molecule has 7 heteroatoms. The van der Waals surface area contributed by atoms with Gasteiger partial charge < -0.3 is 21.1 Å². The molecular formula is C8H10N2O5. The van der Waals surface area contributed by atoms with Crippen LogP contribution in [-0.4, -0.2) is 26.8 Å².